The van der Waals surface area contributed by atoms with Crippen LogP contribution in [0.1, 0.15) is 37.3 Å². The van der Waals surface area contributed by atoms with Gasteiger partial charge in [-0.25, -0.2) is 0 Å². The van der Waals surface area contributed by atoms with Gasteiger partial charge in [-0.1, -0.05) is 12.1 Å². The quantitative estimate of drug-likeness (QED) is 0.774. The fourth-order valence-corrected chi connectivity index (χ4v) is 4.04. The predicted octanol–water partition coefficient (Wildman–Crippen LogP) is 1.72. The first-order valence-electron chi connectivity index (χ1n) is 9.61. The Morgan fingerprint density at radius 2 is 1.85 bits per heavy atom. The Labute approximate surface area is 156 Å². The van der Waals surface area contributed by atoms with E-state index in [4.69, 9.17) is 9.47 Å². The summed E-state index contributed by atoms with van der Waals surface area (Å²) in [6, 6.07) is 8.37. The number of nitrogens with zero attached hydrogens (tertiary/aromatic N) is 1. The van der Waals surface area contributed by atoms with E-state index in [1.807, 2.05) is 12.1 Å². The molecule has 26 heavy (non-hydrogen) atoms. The van der Waals surface area contributed by atoms with Crippen LogP contribution in [0, 0.1) is 0 Å². The Morgan fingerprint density at radius 1 is 1.19 bits per heavy atom. The Hall–Kier alpha value is -1.63. The summed E-state index contributed by atoms with van der Waals surface area (Å²) < 4.78 is 10.9. The molecule has 2 heterocycles. The maximum absolute atomic E-state index is 12.9. The van der Waals surface area contributed by atoms with Crippen molar-refractivity contribution in [3.05, 3.63) is 29.8 Å². The number of nitrogens with one attached hydrogen (secondary N) is 2. The third-order valence-electron chi connectivity index (χ3n) is 5.75. The van der Waals surface area contributed by atoms with E-state index in [0.29, 0.717) is 19.4 Å². The largest absolute Gasteiger partial charge is 0.497 e. The summed E-state index contributed by atoms with van der Waals surface area (Å²) in [6.45, 7) is 4.38. The summed E-state index contributed by atoms with van der Waals surface area (Å²) in [5.41, 5.74) is 0.519. The van der Waals surface area contributed by atoms with Crippen LogP contribution in [0.3, 0.4) is 0 Å². The summed E-state index contributed by atoms with van der Waals surface area (Å²) in [6.07, 6.45) is 3.86. The maximum atomic E-state index is 12.9. The second-order valence-electron chi connectivity index (χ2n) is 7.19. The highest BCUT2D eigenvalue weighted by atomic mass is 16.5. The lowest BCUT2D eigenvalue weighted by Crippen LogP contribution is -2.55. The fraction of sp³-hybridized carbons (Fsp3) is 0.650. The topological polar surface area (TPSA) is 62.8 Å². The van der Waals surface area contributed by atoms with Gasteiger partial charge >= 0.3 is 0 Å². The second kappa shape index (κ2) is 8.84. The van der Waals surface area contributed by atoms with Crippen LogP contribution in [0.2, 0.25) is 0 Å². The smallest absolute Gasteiger partial charge is 0.252 e. The number of amides is 1. The number of likely N-dealkylation sites (tertiary alicyclic amines) is 1. The van der Waals surface area contributed by atoms with Gasteiger partial charge in [0.05, 0.1) is 13.2 Å². The third-order valence-corrected chi connectivity index (χ3v) is 5.75. The molecule has 1 aromatic rings. The first-order valence-corrected chi connectivity index (χ1v) is 9.61. The van der Waals surface area contributed by atoms with Crippen molar-refractivity contribution in [3.63, 3.8) is 0 Å². The average Bonchev–Trinajstić information content (AvgIpc) is 3.23. The Balaban J connectivity index is 1.70. The number of methoxy groups -OCH3 is 2. The molecule has 0 spiro atoms. The van der Waals surface area contributed by atoms with Crippen LogP contribution < -0.4 is 15.4 Å². The Kier molecular flexibility index (Phi) is 6.51. The molecular formula is C20H31N3O3. The zero-order chi connectivity index (χ0) is 18.4. The molecule has 0 aliphatic carbocycles. The van der Waals surface area contributed by atoms with E-state index in [1.54, 1.807) is 14.2 Å². The highest BCUT2D eigenvalue weighted by Gasteiger charge is 2.40. The molecule has 144 valence electrons. The van der Waals surface area contributed by atoms with Gasteiger partial charge in [0.1, 0.15) is 11.4 Å². The normalized spacial score (nSPS) is 21.3. The lowest BCUT2D eigenvalue weighted by atomic mass is 9.91. The molecule has 0 bridgehead atoms. The van der Waals surface area contributed by atoms with Gasteiger partial charge in [-0.15, -0.1) is 0 Å². The molecule has 2 fully saturated rings. The van der Waals surface area contributed by atoms with Gasteiger partial charge in [-0.05, 0) is 69.6 Å². The first-order chi connectivity index (χ1) is 12.7. The summed E-state index contributed by atoms with van der Waals surface area (Å²) in [5, 5.41) is 6.48. The van der Waals surface area contributed by atoms with E-state index in [0.717, 1.165) is 31.9 Å². The highest BCUT2D eigenvalue weighted by molar-refractivity contribution is 5.85. The fourth-order valence-electron chi connectivity index (χ4n) is 4.04. The molecular weight excluding hydrogens is 330 g/mol. The minimum Gasteiger partial charge on any atom is -0.497 e. The summed E-state index contributed by atoms with van der Waals surface area (Å²) in [4.78, 5) is 15.4. The van der Waals surface area contributed by atoms with Crippen molar-refractivity contribution in [2.75, 3.05) is 46.9 Å². The van der Waals surface area contributed by atoms with Crippen LogP contribution in [-0.2, 0) is 9.53 Å². The van der Waals surface area contributed by atoms with Gasteiger partial charge in [0, 0.05) is 13.7 Å². The van der Waals surface area contributed by atoms with Gasteiger partial charge in [-0.2, -0.15) is 0 Å². The van der Waals surface area contributed by atoms with Crippen molar-refractivity contribution >= 4 is 5.91 Å². The molecule has 2 N–H and O–H groups in total. The number of carbonyl (C=O) groups is 1. The van der Waals surface area contributed by atoms with Crippen molar-refractivity contribution < 1.29 is 14.3 Å². The third kappa shape index (κ3) is 4.19. The van der Waals surface area contributed by atoms with Crippen molar-refractivity contribution in [2.45, 2.75) is 37.3 Å². The molecule has 1 amide bonds. The van der Waals surface area contributed by atoms with E-state index in [2.05, 4.69) is 27.7 Å². The van der Waals surface area contributed by atoms with Gasteiger partial charge < -0.3 is 20.1 Å². The molecule has 6 heteroatoms. The molecule has 1 atom stereocenters. The SMILES string of the molecule is COc1ccc(C(CNC(=O)C2(OC)CCNCC2)N2CCCC2)cc1. The second-order valence-corrected chi connectivity index (χ2v) is 7.19. The van der Waals surface area contributed by atoms with Gasteiger partial charge in [0.25, 0.3) is 5.91 Å². The average molecular weight is 361 g/mol. The molecule has 1 unspecified atom stereocenters. The van der Waals surface area contributed by atoms with Crippen molar-refractivity contribution in [1.82, 2.24) is 15.5 Å². The predicted molar refractivity (Wildman–Crippen MR) is 101 cm³/mol. The zero-order valence-electron chi connectivity index (χ0n) is 15.9. The van der Waals surface area contributed by atoms with Crippen LogP contribution in [0.15, 0.2) is 24.3 Å². The number of ether oxygens (including phenoxy) is 2. The molecule has 2 saturated heterocycles. The van der Waals surface area contributed by atoms with Gasteiger partial charge in [-0.3, -0.25) is 9.69 Å². The van der Waals surface area contributed by atoms with Crippen LogP contribution in [-0.4, -0.2) is 63.4 Å². The first kappa shape index (κ1) is 19.1. The number of hydrogen-bond donors (Lipinski definition) is 2. The molecule has 0 aromatic heterocycles. The van der Waals surface area contributed by atoms with Gasteiger partial charge in [0.2, 0.25) is 0 Å². The Morgan fingerprint density at radius 3 is 2.42 bits per heavy atom. The lowest BCUT2D eigenvalue weighted by molar-refractivity contribution is -0.147. The zero-order valence-corrected chi connectivity index (χ0v) is 15.9. The minimum absolute atomic E-state index is 0.0132. The van der Waals surface area contributed by atoms with E-state index in [1.165, 1.54) is 18.4 Å². The summed E-state index contributed by atoms with van der Waals surface area (Å²) in [5.74, 6) is 0.866. The number of hydrogen-bond acceptors (Lipinski definition) is 5. The van der Waals surface area contributed by atoms with E-state index < -0.39 is 5.60 Å². The standard InChI is InChI=1S/C20H31N3O3/c1-25-17-7-5-16(6-8-17)18(23-13-3-4-14-23)15-22-19(24)20(26-2)9-11-21-12-10-20/h5-8,18,21H,3-4,9-15H2,1-2H3,(H,22,24). The van der Waals surface area contributed by atoms with Gasteiger partial charge in [0.15, 0.2) is 0 Å². The van der Waals surface area contributed by atoms with Crippen LogP contribution in [0.25, 0.3) is 0 Å². The van der Waals surface area contributed by atoms with E-state index in [-0.39, 0.29) is 11.9 Å². The molecule has 3 rings (SSSR count). The van der Waals surface area contributed by atoms with Crippen molar-refractivity contribution in [3.8, 4) is 5.75 Å². The molecule has 6 nitrogen and oxygen atoms in total. The van der Waals surface area contributed by atoms with Crippen molar-refractivity contribution in [2.24, 2.45) is 0 Å². The molecule has 2 aliphatic heterocycles. The molecule has 0 radical (unpaired) electrons. The molecule has 0 saturated carbocycles. The van der Waals surface area contributed by atoms with Crippen LogP contribution in [0.5, 0.6) is 5.75 Å². The summed E-state index contributed by atoms with van der Waals surface area (Å²) in [7, 11) is 3.32. The number of piperidine rings is 1. The van der Waals surface area contributed by atoms with Crippen molar-refractivity contribution in [1.29, 1.82) is 0 Å². The summed E-state index contributed by atoms with van der Waals surface area (Å²) >= 11 is 0. The highest BCUT2D eigenvalue weighted by Crippen LogP contribution is 2.27. The minimum atomic E-state index is -0.694. The lowest BCUT2D eigenvalue weighted by Gasteiger charge is -2.36. The monoisotopic (exact) mass is 361 g/mol. The molecule has 2 aliphatic rings. The molecule has 1 aromatic carbocycles. The Bertz CT molecular complexity index is 578. The number of carbonyl (C=O) groups excluding carboxylic acids is 1. The number of rotatable bonds is 7. The van der Waals surface area contributed by atoms with Crippen LogP contribution in [0.4, 0.5) is 0 Å². The van der Waals surface area contributed by atoms with E-state index >= 15 is 0 Å². The maximum Gasteiger partial charge on any atom is 0.252 e. The number of benzene rings is 1. The van der Waals surface area contributed by atoms with E-state index in [9.17, 15) is 4.79 Å². The van der Waals surface area contributed by atoms with Crippen LogP contribution >= 0.6 is 0 Å².